The molecule has 0 spiro atoms. The third-order valence-corrected chi connectivity index (χ3v) is 2.65. The predicted octanol–water partition coefficient (Wildman–Crippen LogP) is 0.938. The van der Waals surface area contributed by atoms with Gasteiger partial charge in [0.25, 0.3) is 11.8 Å². The third-order valence-electron chi connectivity index (χ3n) is 2.65. The number of amides is 2. The number of nitrogens with one attached hydrogen (secondary N) is 2. The van der Waals surface area contributed by atoms with Crippen LogP contribution in [0.25, 0.3) is 0 Å². The topological polar surface area (TPSA) is 108 Å². The Labute approximate surface area is 126 Å². The van der Waals surface area contributed by atoms with Gasteiger partial charge in [0, 0.05) is 6.07 Å². The number of hydrogen-bond acceptors (Lipinski definition) is 5. The molecule has 0 aliphatic rings. The van der Waals surface area contributed by atoms with Gasteiger partial charge < -0.3 is 14.9 Å². The summed E-state index contributed by atoms with van der Waals surface area (Å²) in [7, 11) is 0. The number of benzene rings is 2. The lowest BCUT2D eigenvalue weighted by molar-refractivity contribution is -0.123. The third kappa shape index (κ3) is 4.14. The zero-order chi connectivity index (χ0) is 15.9. The Morgan fingerprint density at radius 3 is 2.41 bits per heavy atom. The molecule has 2 aromatic rings. The van der Waals surface area contributed by atoms with E-state index in [1.165, 1.54) is 12.1 Å². The van der Waals surface area contributed by atoms with Crippen molar-refractivity contribution in [2.45, 2.75) is 0 Å². The Morgan fingerprint density at radius 2 is 1.73 bits per heavy atom. The van der Waals surface area contributed by atoms with Gasteiger partial charge in [0.2, 0.25) is 0 Å². The number of hydrazine groups is 1. The first-order valence-corrected chi connectivity index (χ1v) is 6.35. The second kappa shape index (κ2) is 6.98. The van der Waals surface area contributed by atoms with Gasteiger partial charge in [0.15, 0.2) is 6.61 Å². The first kappa shape index (κ1) is 15.2. The molecule has 22 heavy (non-hydrogen) atoms. The van der Waals surface area contributed by atoms with Crippen LogP contribution >= 0.6 is 0 Å². The fourth-order valence-electron chi connectivity index (χ4n) is 1.61. The van der Waals surface area contributed by atoms with Crippen molar-refractivity contribution >= 4 is 11.8 Å². The molecule has 0 aliphatic heterocycles. The second-order valence-corrected chi connectivity index (χ2v) is 4.31. The van der Waals surface area contributed by atoms with Gasteiger partial charge >= 0.3 is 0 Å². The van der Waals surface area contributed by atoms with Crippen LogP contribution in [0.15, 0.2) is 48.5 Å². The molecule has 0 aliphatic carbocycles. The molecule has 4 N–H and O–H groups in total. The van der Waals surface area contributed by atoms with Gasteiger partial charge in [0.1, 0.15) is 17.2 Å². The van der Waals surface area contributed by atoms with E-state index in [4.69, 9.17) is 9.84 Å². The molecular formula is C15H14N2O5. The molecule has 2 aromatic carbocycles. The fourth-order valence-corrected chi connectivity index (χ4v) is 1.61. The molecule has 7 nitrogen and oxygen atoms in total. The number of hydrogen-bond donors (Lipinski definition) is 4. The molecule has 0 heterocycles. The van der Waals surface area contributed by atoms with Gasteiger partial charge in [-0.2, -0.15) is 0 Å². The van der Waals surface area contributed by atoms with E-state index in [-0.39, 0.29) is 17.9 Å². The highest BCUT2D eigenvalue weighted by Crippen LogP contribution is 2.22. The van der Waals surface area contributed by atoms with Crippen molar-refractivity contribution in [3.8, 4) is 17.2 Å². The molecule has 0 atom stereocenters. The first-order valence-electron chi connectivity index (χ1n) is 6.35. The summed E-state index contributed by atoms with van der Waals surface area (Å²) < 4.78 is 5.20. The zero-order valence-corrected chi connectivity index (χ0v) is 11.4. The predicted molar refractivity (Wildman–Crippen MR) is 77.3 cm³/mol. The van der Waals surface area contributed by atoms with Gasteiger partial charge in [-0.15, -0.1) is 0 Å². The molecule has 0 radical (unpaired) electrons. The van der Waals surface area contributed by atoms with E-state index in [0.717, 1.165) is 6.07 Å². The first-order chi connectivity index (χ1) is 10.6. The fraction of sp³-hybridized carbons (Fsp3) is 0.0667. The average Bonchev–Trinajstić information content (AvgIpc) is 2.51. The summed E-state index contributed by atoms with van der Waals surface area (Å²) in [5.74, 6) is -1.32. The number of para-hydroxylation sites is 1. The van der Waals surface area contributed by atoms with E-state index >= 15 is 0 Å². The smallest absolute Gasteiger partial charge is 0.276 e. The SMILES string of the molecule is O=C(COc1ccccc1)NNC(=O)c1ccc(O)cc1O. The number of rotatable bonds is 4. The normalized spacial score (nSPS) is 9.82. The molecule has 0 aromatic heterocycles. The van der Waals surface area contributed by atoms with Crippen molar-refractivity contribution in [2.75, 3.05) is 6.61 Å². The summed E-state index contributed by atoms with van der Waals surface area (Å²) in [6.45, 7) is -0.272. The van der Waals surface area contributed by atoms with Crippen molar-refractivity contribution in [1.82, 2.24) is 10.9 Å². The van der Waals surface area contributed by atoms with Crippen LogP contribution in [-0.4, -0.2) is 28.6 Å². The maximum absolute atomic E-state index is 11.7. The Morgan fingerprint density at radius 1 is 1.00 bits per heavy atom. The number of carbonyl (C=O) groups is 2. The number of ether oxygens (including phenoxy) is 1. The molecule has 0 saturated heterocycles. The van der Waals surface area contributed by atoms with E-state index in [0.29, 0.717) is 5.75 Å². The summed E-state index contributed by atoms with van der Waals surface area (Å²) in [4.78, 5) is 23.3. The van der Waals surface area contributed by atoms with E-state index < -0.39 is 17.6 Å². The maximum atomic E-state index is 11.7. The van der Waals surface area contributed by atoms with Crippen molar-refractivity contribution < 1.29 is 24.5 Å². The Kier molecular flexibility index (Phi) is 4.81. The van der Waals surface area contributed by atoms with Crippen molar-refractivity contribution in [2.24, 2.45) is 0 Å². The van der Waals surface area contributed by atoms with Gasteiger partial charge in [-0.3, -0.25) is 20.4 Å². The van der Waals surface area contributed by atoms with Crippen molar-refractivity contribution in [3.63, 3.8) is 0 Å². The summed E-state index contributed by atoms with van der Waals surface area (Å²) in [5.41, 5.74) is 4.21. The minimum Gasteiger partial charge on any atom is -0.508 e. The van der Waals surface area contributed by atoms with Crippen molar-refractivity contribution in [3.05, 3.63) is 54.1 Å². The van der Waals surface area contributed by atoms with Crippen LogP contribution in [0.2, 0.25) is 0 Å². The van der Waals surface area contributed by atoms with Crippen LogP contribution in [0, 0.1) is 0 Å². The second-order valence-electron chi connectivity index (χ2n) is 4.31. The van der Waals surface area contributed by atoms with Crippen molar-refractivity contribution in [1.29, 1.82) is 0 Å². The Balaban J connectivity index is 1.82. The summed E-state index contributed by atoms with van der Waals surface area (Å²) in [6.07, 6.45) is 0. The zero-order valence-electron chi connectivity index (χ0n) is 11.4. The minimum atomic E-state index is -0.717. The van der Waals surface area contributed by atoms with E-state index in [2.05, 4.69) is 10.9 Å². The summed E-state index contributed by atoms with van der Waals surface area (Å²) in [5, 5.41) is 18.7. The van der Waals surface area contributed by atoms with Crippen LogP contribution in [0.4, 0.5) is 0 Å². The van der Waals surface area contributed by atoms with Gasteiger partial charge in [0.05, 0.1) is 5.56 Å². The highest BCUT2D eigenvalue weighted by atomic mass is 16.5. The summed E-state index contributed by atoms with van der Waals surface area (Å²) in [6, 6.07) is 12.2. The lowest BCUT2D eigenvalue weighted by atomic mass is 10.2. The summed E-state index contributed by atoms with van der Waals surface area (Å²) >= 11 is 0. The highest BCUT2D eigenvalue weighted by molar-refractivity contribution is 5.98. The number of aromatic hydroxyl groups is 2. The molecule has 0 fully saturated rings. The van der Waals surface area contributed by atoms with E-state index in [1.807, 2.05) is 6.07 Å². The Bertz CT molecular complexity index is 673. The molecular weight excluding hydrogens is 288 g/mol. The lowest BCUT2D eigenvalue weighted by Crippen LogP contribution is -2.43. The van der Waals surface area contributed by atoms with Gasteiger partial charge in [-0.05, 0) is 24.3 Å². The van der Waals surface area contributed by atoms with E-state index in [9.17, 15) is 14.7 Å². The molecule has 2 amide bonds. The minimum absolute atomic E-state index is 0.0814. The number of carbonyl (C=O) groups excluding carboxylic acids is 2. The Hall–Kier alpha value is -3.22. The highest BCUT2D eigenvalue weighted by Gasteiger charge is 2.12. The maximum Gasteiger partial charge on any atom is 0.276 e. The molecule has 2 rings (SSSR count). The molecule has 0 unspecified atom stereocenters. The molecule has 0 bridgehead atoms. The standard InChI is InChI=1S/C15H14N2O5/c18-10-6-7-12(13(19)8-10)15(21)17-16-14(20)9-22-11-4-2-1-3-5-11/h1-8,18-19H,9H2,(H,16,20)(H,17,21). The van der Waals surface area contributed by atoms with Gasteiger partial charge in [-0.1, -0.05) is 18.2 Å². The van der Waals surface area contributed by atoms with E-state index in [1.54, 1.807) is 24.3 Å². The van der Waals surface area contributed by atoms with Crippen LogP contribution in [0.5, 0.6) is 17.2 Å². The monoisotopic (exact) mass is 302 g/mol. The lowest BCUT2D eigenvalue weighted by Gasteiger charge is -2.09. The van der Waals surface area contributed by atoms with Crippen LogP contribution in [-0.2, 0) is 4.79 Å². The van der Waals surface area contributed by atoms with Gasteiger partial charge in [-0.25, -0.2) is 0 Å². The quantitative estimate of drug-likeness (QED) is 0.629. The molecule has 0 saturated carbocycles. The van der Waals surface area contributed by atoms with Crippen LogP contribution < -0.4 is 15.6 Å². The molecule has 7 heteroatoms. The largest absolute Gasteiger partial charge is 0.508 e. The van der Waals surface area contributed by atoms with Crippen LogP contribution in [0.1, 0.15) is 10.4 Å². The van der Waals surface area contributed by atoms with Crippen LogP contribution in [0.3, 0.4) is 0 Å². The molecule has 114 valence electrons. The number of phenolic OH excluding ortho intramolecular Hbond substituents is 2. The number of phenols is 2. The average molecular weight is 302 g/mol.